The van der Waals surface area contributed by atoms with Gasteiger partial charge in [-0.25, -0.2) is 14.6 Å². The molecule has 1 amide bonds. The van der Waals surface area contributed by atoms with E-state index in [1.165, 1.54) is 25.7 Å². The molecule has 8 heteroatoms. The molecule has 0 aliphatic carbocycles. The van der Waals surface area contributed by atoms with Crippen LogP contribution in [0.5, 0.6) is 0 Å². The van der Waals surface area contributed by atoms with Crippen LogP contribution in [0.15, 0.2) is 41.3 Å². The zero-order valence-corrected chi connectivity index (χ0v) is 17.2. The topological polar surface area (TPSA) is 75.9 Å². The van der Waals surface area contributed by atoms with Crippen molar-refractivity contribution in [2.75, 3.05) is 18.0 Å². The standard InChI is InChI=1S/C20H23BrN6O/c21-16-7-5-15(6-8-16)11-22-18(28)13-27-20-17(12-25-27)19(23-14-24-20)26-9-3-1-2-4-10-26/h5-8,12,14H,1-4,9-11,13H2,(H,22,28). The maximum absolute atomic E-state index is 12.4. The molecule has 0 bridgehead atoms. The van der Waals surface area contributed by atoms with Crippen molar-refractivity contribution in [3.05, 3.63) is 46.8 Å². The van der Waals surface area contributed by atoms with E-state index >= 15 is 0 Å². The van der Waals surface area contributed by atoms with Gasteiger partial charge in [-0.1, -0.05) is 40.9 Å². The third-order valence-electron chi connectivity index (χ3n) is 5.01. The Kier molecular flexibility index (Phi) is 5.85. The number of anilines is 1. The first-order chi connectivity index (χ1) is 13.7. The Morgan fingerprint density at radius 3 is 2.57 bits per heavy atom. The molecule has 146 valence electrons. The zero-order valence-electron chi connectivity index (χ0n) is 15.6. The highest BCUT2D eigenvalue weighted by molar-refractivity contribution is 9.10. The van der Waals surface area contributed by atoms with Crippen LogP contribution < -0.4 is 10.2 Å². The monoisotopic (exact) mass is 442 g/mol. The fourth-order valence-corrected chi connectivity index (χ4v) is 3.79. The molecule has 1 N–H and O–H groups in total. The number of carbonyl (C=O) groups excluding carboxylic acids is 1. The number of nitrogens with zero attached hydrogens (tertiary/aromatic N) is 5. The summed E-state index contributed by atoms with van der Waals surface area (Å²) in [6.07, 6.45) is 8.24. The van der Waals surface area contributed by atoms with Crippen molar-refractivity contribution in [1.82, 2.24) is 25.1 Å². The minimum Gasteiger partial charge on any atom is -0.356 e. The normalized spacial score (nSPS) is 14.8. The van der Waals surface area contributed by atoms with Crippen LogP contribution >= 0.6 is 15.9 Å². The van der Waals surface area contributed by atoms with Gasteiger partial charge in [0, 0.05) is 24.1 Å². The van der Waals surface area contributed by atoms with Gasteiger partial charge in [0.05, 0.1) is 11.6 Å². The van der Waals surface area contributed by atoms with Crippen molar-refractivity contribution >= 4 is 38.7 Å². The lowest BCUT2D eigenvalue weighted by Crippen LogP contribution is -2.27. The fourth-order valence-electron chi connectivity index (χ4n) is 3.53. The van der Waals surface area contributed by atoms with Gasteiger partial charge < -0.3 is 10.2 Å². The quantitative estimate of drug-likeness (QED) is 0.655. The average molecular weight is 443 g/mol. The number of aromatic nitrogens is 4. The highest BCUT2D eigenvalue weighted by Crippen LogP contribution is 2.25. The van der Waals surface area contributed by atoms with Crippen molar-refractivity contribution in [1.29, 1.82) is 0 Å². The van der Waals surface area contributed by atoms with Gasteiger partial charge in [0.1, 0.15) is 18.7 Å². The first-order valence-electron chi connectivity index (χ1n) is 9.63. The minimum atomic E-state index is -0.0946. The van der Waals surface area contributed by atoms with Gasteiger partial charge in [-0.05, 0) is 30.5 Å². The van der Waals surface area contributed by atoms with Crippen molar-refractivity contribution in [2.24, 2.45) is 0 Å². The Morgan fingerprint density at radius 2 is 1.82 bits per heavy atom. The predicted octanol–water partition coefficient (Wildman–Crippen LogP) is 3.29. The summed E-state index contributed by atoms with van der Waals surface area (Å²) in [5.41, 5.74) is 1.75. The van der Waals surface area contributed by atoms with Crippen LogP contribution in [0.2, 0.25) is 0 Å². The predicted molar refractivity (Wildman–Crippen MR) is 112 cm³/mol. The van der Waals surface area contributed by atoms with Crippen molar-refractivity contribution in [2.45, 2.75) is 38.8 Å². The van der Waals surface area contributed by atoms with Gasteiger partial charge in [0.2, 0.25) is 5.91 Å². The number of rotatable bonds is 5. The van der Waals surface area contributed by atoms with Gasteiger partial charge in [-0.3, -0.25) is 4.79 Å². The number of nitrogens with one attached hydrogen (secondary N) is 1. The molecule has 28 heavy (non-hydrogen) atoms. The van der Waals surface area contributed by atoms with E-state index in [1.807, 2.05) is 24.3 Å². The molecule has 0 saturated carbocycles. The van der Waals surface area contributed by atoms with E-state index in [1.54, 1.807) is 17.2 Å². The molecule has 1 aromatic carbocycles. The van der Waals surface area contributed by atoms with E-state index in [9.17, 15) is 4.79 Å². The van der Waals surface area contributed by atoms with E-state index in [-0.39, 0.29) is 12.5 Å². The molecule has 0 unspecified atom stereocenters. The van der Waals surface area contributed by atoms with Crippen LogP contribution in [0.1, 0.15) is 31.2 Å². The van der Waals surface area contributed by atoms with E-state index < -0.39 is 0 Å². The summed E-state index contributed by atoms with van der Waals surface area (Å²) in [6.45, 7) is 2.63. The maximum atomic E-state index is 12.4. The minimum absolute atomic E-state index is 0.0946. The maximum Gasteiger partial charge on any atom is 0.242 e. The fraction of sp³-hybridized carbons (Fsp3) is 0.400. The van der Waals surface area contributed by atoms with Crippen LogP contribution in [-0.4, -0.2) is 38.7 Å². The summed E-state index contributed by atoms with van der Waals surface area (Å²) in [4.78, 5) is 23.6. The van der Waals surface area contributed by atoms with Crippen LogP contribution in [0.3, 0.4) is 0 Å². The second-order valence-electron chi connectivity index (χ2n) is 7.04. The molecule has 1 saturated heterocycles. The average Bonchev–Trinajstić information content (AvgIpc) is 2.93. The van der Waals surface area contributed by atoms with E-state index in [0.29, 0.717) is 12.2 Å². The largest absolute Gasteiger partial charge is 0.356 e. The SMILES string of the molecule is O=C(Cn1ncc2c(N3CCCCCC3)ncnc21)NCc1ccc(Br)cc1. The molecule has 0 radical (unpaired) electrons. The number of hydrogen-bond acceptors (Lipinski definition) is 5. The van der Waals surface area contributed by atoms with E-state index in [2.05, 4.69) is 41.2 Å². The lowest BCUT2D eigenvalue weighted by Gasteiger charge is -2.21. The summed E-state index contributed by atoms with van der Waals surface area (Å²) in [5.74, 6) is 0.830. The number of amides is 1. The number of hydrogen-bond donors (Lipinski definition) is 1. The molecule has 2 aromatic heterocycles. The van der Waals surface area contributed by atoms with Gasteiger partial charge in [-0.15, -0.1) is 0 Å². The summed E-state index contributed by atoms with van der Waals surface area (Å²) >= 11 is 3.41. The van der Waals surface area contributed by atoms with Crippen LogP contribution in [-0.2, 0) is 17.9 Å². The van der Waals surface area contributed by atoms with Crippen LogP contribution in [0.25, 0.3) is 11.0 Å². The van der Waals surface area contributed by atoms with Crippen LogP contribution in [0.4, 0.5) is 5.82 Å². The van der Waals surface area contributed by atoms with E-state index in [4.69, 9.17) is 0 Å². The molecule has 0 atom stereocenters. The second kappa shape index (κ2) is 8.68. The van der Waals surface area contributed by atoms with Crippen LogP contribution in [0, 0.1) is 0 Å². The molecule has 4 rings (SSSR count). The molecule has 3 heterocycles. The molecule has 1 fully saturated rings. The third kappa shape index (κ3) is 4.32. The number of halogens is 1. The number of carbonyl (C=O) groups is 1. The van der Waals surface area contributed by atoms with Gasteiger partial charge in [-0.2, -0.15) is 5.10 Å². The molecule has 1 aliphatic heterocycles. The lowest BCUT2D eigenvalue weighted by molar-refractivity contribution is -0.121. The van der Waals surface area contributed by atoms with Gasteiger partial charge in [0.25, 0.3) is 0 Å². The van der Waals surface area contributed by atoms with Crippen molar-refractivity contribution < 1.29 is 4.79 Å². The Hall–Kier alpha value is -2.48. The molecule has 0 spiro atoms. The lowest BCUT2D eigenvalue weighted by atomic mass is 10.2. The number of benzene rings is 1. The molecular weight excluding hydrogens is 420 g/mol. The second-order valence-corrected chi connectivity index (χ2v) is 7.96. The van der Waals surface area contributed by atoms with Gasteiger partial charge in [0.15, 0.2) is 5.65 Å². The summed E-state index contributed by atoms with van der Waals surface area (Å²) in [5, 5.41) is 8.25. The number of fused-ring (bicyclic) bond motifs is 1. The summed E-state index contributed by atoms with van der Waals surface area (Å²) < 4.78 is 2.67. The molecule has 7 nitrogen and oxygen atoms in total. The highest BCUT2D eigenvalue weighted by atomic mass is 79.9. The van der Waals surface area contributed by atoms with E-state index in [0.717, 1.165) is 34.3 Å². The smallest absolute Gasteiger partial charge is 0.242 e. The first-order valence-corrected chi connectivity index (χ1v) is 10.4. The first kappa shape index (κ1) is 18.9. The Morgan fingerprint density at radius 1 is 1.07 bits per heavy atom. The summed E-state index contributed by atoms with van der Waals surface area (Å²) in [6, 6.07) is 7.89. The zero-order chi connectivity index (χ0) is 19.3. The Labute approximate surface area is 172 Å². The summed E-state index contributed by atoms with van der Waals surface area (Å²) in [7, 11) is 0. The highest BCUT2D eigenvalue weighted by Gasteiger charge is 2.17. The molecule has 3 aromatic rings. The third-order valence-corrected chi connectivity index (χ3v) is 5.54. The van der Waals surface area contributed by atoms with Gasteiger partial charge >= 0.3 is 0 Å². The van der Waals surface area contributed by atoms with Crippen molar-refractivity contribution in [3.8, 4) is 0 Å². The van der Waals surface area contributed by atoms with Crippen molar-refractivity contribution in [3.63, 3.8) is 0 Å². The Bertz CT molecular complexity index is 947. The molecule has 1 aliphatic rings. The Balaban J connectivity index is 1.46. The molecular formula is C20H23BrN6O.